The molecule has 0 aliphatic carbocycles. The molecular weight excluding hydrogens is 262 g/mol. The van der Waals surface area contributed by atoms with Gasteiger partial charge in [-0.25, -0.2) is 0 Å². The van der Waals surface area contributed by atoms with Gasteiger partial charge in [-0.2, -0.15) is 5.26 Å². The van der Waals surface area contributed by atoms with E-state index in [1.54, 1.807) is 0 Å². The van der Waals surface area contributed by atoms with Crippen LogP contribution in [0, 0.1) is 11.3 Å². The first-order valence-corrected chi connectivity index (χ1v) is 7.71. The van der Waals surface area contributed by atoms with Gasteiger partial charge in [0.25, 0.3) is 0 Å². The summed E-state index contributed by atoms with van der Waals surface area (Å²) in [5.74, 6) is 0. The van der Waals surface area contributed by atoms with Gasteiger partial charge in [-0.05, 0) is 32.0 Å². The molecule has 1 heterocycles. The quantitative estimate of drug-likeness (QED) is 0.834. The maximum Gasteiger partial charge on any atom is 0.133 e. The van der Waals surface area contributed by atoms with Crippen LogP contribution in [-0.2, 0) is 10.3 Å². The predicted molar refractivity (Wildman–Crippen MR) is 83.9 cm³/mol. The summed E-state index contributed by atoms with van der Waals surface area (Å²) in [5, 5.41) is 13.2. The molecule has 1 aliphatic heterocycles. The van der Waals surface area contributed by atoms with Gasteiger partial charge < -0.3 is 9.64 Å². The molecule has 1 saturated heterocycles. The summed E-state index contributed by atoms with van der Waals surface area (Å²) in [6.07, 6.45) is 1.86. The molecule has 1 aromatic carbocycles. The van der Waals surface area contributed by atoms with E-state index in [2.05, 4.69) is 23.3 Å². The van der Waals surface area contributed by atoms with Gasteiger partial charge in [-0.15, -0.1) is 0 Å². The van der Waals surface area contributed by atoms with Gasteiger partial charge in [0.15, 0.2) is 0 Å². The van der Waals surface area contributed by atoms with Gasteiger partial charge >= 0.3 is 0 Å². The Labute approximate surface area is 127 Å². The Morgan fingerprint density at radius 2 is 2.19 bits per heavy atom. The van der Waals surface area contributed by atoms with Crippen LogP contribution in [0.25, 0.3) is 0 Å². The first kappa shape index (κ1) is 16.0. The van der Waals surface area contributed by atoms with Crippen molar-refractivity contribution in [1.82, 2.24) is 10.2 Å². The zero-order valence-corrected chi connectivity index (χ0v) is 13.0. The van der Waals surface area contributed by atoms with Crippen molar-refractivity contribution < 1.29 is 4.74 Å². The summed E-state index contributed by atoms with van der Waals surface area (Å²) >= 11 is 0. The highest BCUT2D eigenvalue weighted by Crippen LogP contribution is 2.25. The molecule has 2 atom stereocenters. The molecule has 0 bridgehead atoms. The third-order valence-corrected chi connectivity index (χ3v) is 4.30. The number of hydrogen-bond acceptors (Lipinski definition) is 4. The highest BCUT2D eigenvalue weighted by Gasteiger charge is 2.32. The van der Waals surface area contributed by atoms with E-state index in [0.29, 0.717) is 6.04 Å². The van der Waals surface area contributed by atoms with Crippen molar-refractivity contribution in [1.29, 1.82) is 5.26 Å². The molecule has 4 nitrogen and oxygen atoms in total. The molecule has 0 aromatic heterocycles. The molecule has 0 amide bonds. The number of rotatable bonds is 7. The normalized spacial score (nSPS) is 21.1. The predicted octanol–water partition coefficient (Wildman–Crippen LogP) is 2.13. The average molecular weight is 287 g/mol. The van der Waals surface area contributed by atoms with Crippen LogP contribution in [-0.4, -0.2) is 44.3 Å². The van der Waals surface area contributed by atoms with Gasteiger partial charge in [0, 0.05) is 19.2 Å². The Balaban J connectivity index is 2.08. The minimum atomic E-state index is -0.607. The van der Waals surface area contributed by atoms with Gasteiger partial charge in [-0.3, -0.25) is 5.32 Å². The van der Waals surface area contributed by atoms with Crippen LogP contribution in [0.3, 0.4) is 0 Å². The monoisotopic (exact) mass is 287 g/mol. The van der Waals surface area contributed by atoms with Crippen LogP contribution >= 0.6 is 0 Å². The Hall–Kier alpha value is -1.41. The van der Waals surface area contributed by atoms with E-state index in [1.165, 1.54) is 0 Å². The van der Waals surface area contributed by atoms with E-state index in [-0.39, 0.29) is 0 Å². The van der Waals surface area contributed by atoms with Crippen molar-refractivity contribution in [3.8, 4) is 6.07 Å². The second kappa shape index (κ2) is 7.56. The topological polar surface area (TPSA) is 48.3 Å². The van der Waals surface area contributed by atoms with E-state index < -0.39 is 5.54 Å². The summed E-state index contributed by atoms with van der Waals surface area (Å²) in [5.41, 5.74) is 0.439. The van der Waals surface area contributed by atoms with Crippen molar-refractivity contribution in [3.05, 3.63) is 35.9 Å². The van der Waals surface area contributed by atoms with Crippen LogP contribution < -0.4 is 5.32 Å². The van der Waals surface area contributed by atoms with Crippen LogP contribution in [0.2, 0.25) is 0 Å². The molecule has 4 heteroatoms. The van der Waals surface area contributed by atoms with Crippen molar-refractivity contribution in [2.24, 2.45) is 0 Å². The molecule has 0 spiro atoms. The fourth-order valence-electron chi connectivity index (χ4n) is 2.92. The maximum absolute atomic E-state index is 9.78. The number of benzene rings is 1. The second-order valence-electron chi connectivity index (χ2n) is 5.66. The SMILES string of the molecule is CCNC(C#N)(CCN(C)C1CCOC1)c1ccccc1. The molecule has 2 unspecified atom stereocenters. The number of nitriles is 1. The van der Waals surface area contributed by atoms with Crippen molar-refractivity contribution in [2.45, 2.75) is 31.3 Å². The minimum absolute atomic E-state index is 0.485. The first-order valence-electron chi connectivity index (χ1n) is 7.71. The molecule has 1 aliphatic rings. The third kappa shape index (κ3) is 3.82. The average Bonchev–Trinajstić information content (AvgIpc) is 3.06. The van der Waals surface area contributed by atoms with Crippen LogP contribution in [0.1, 0.15) is 25.3 Å². The van der Waals surface area contributed by atoms with Crippen LogP contribution in [0.4, 0.5) is 0 Å². The molecule has 1 N–H and O–H groups in total. The minimum Gasteiger partial charge on any atom is -0.380 e. The lowest BCUT2D eigenvalue weighted by Crippen LogP contribution is -2.45. The number of hydrogen-bond donors (Lipinski definition) is 1. The fraction of sp³-hybridized carbons (Fsp3) is 0.588. The molecule has 2 rings (SSSR count). The zero-order valence-electron chi connectivity index (χ0n) is 13.0. The summed E-state index contributed by atoms with van der Waals surface area (Å²) in [6, 6.07) is 13.0. The summed E-state index contributed by atoms with van der Waals surface area (Å²) in [7, 11) is 2.12. The summed E-state index contributed by atoms with van der Waals surface area (Å²) in [4.78, 5) is 2.32. The molecule has 1 aromatic rings. The fourth-order valence-corrected chi connectivity index (χ4v) is 2.92. The van der Waals surface area contributed by atoms with Crippen molar-refractivity contribution in [2.75, 3.05) is 33.4 Å². The number of nitrogens with zero attached hydrogens (tertiary/aromatic N) is 2. The first-order chi connectivity index (χ1) is 10.2. The number of likely N-dealkylation sites (N-methyl/N-ethyl adjacent to an activating group) is 1. The van der Waals surface area contributed by atoms with Gasteiger partial charge in [-0.1, -0.05) is 37.3 Å². The molecular formula is C17H25N3O. The molecule has 0 saturated carbocycles. The highest BCUT2D eigenvalue weighted by atomic mass is 16.5. The van der Waals surface area contributed by atoms with E-state index in [0.717, 1.165) is 44.7 Å². The highest BCUT2D eigenvalue weighted by molar-refractivity contribution is 5.31. The van der Waals surface area contributed by atoms with Crippen molar-refractivity contribution >= 4 is 0 Å². The molecule has 114 valence electrons. The lowest BCUT2D eigenvalue weighted by Gasteiger charge is -2.31. The number of ether oxygens (including phenoxy) is 1. The van der Waals surface area contributed by atoms with E-state index in [4.69, 9.17) is 4.74 Å². The van der Waals surface area contributed by atoms with Crippen LogP contribution in [0.5, 0.6) is 0 Å². The van der Waals surface area contributed by atoms with E-state index >= 15 is 0 Å². The van der Waals surface area contributed by atoms with Gasteiger partial charge in [0.2, 0.25) is 0 Å². The maximum atomic E-state index is 9.78. The van der Waals surface area contributed by atoms with E-state index in [9.17, 15) is 5.26 Å². The Morgan fingerprint density at radius 3 is 2.76 bits per heavy atom. The van der Waals surface area contributed by atoms with Crippen molar-refractivity contribution in [3.63, 3.8) is 0 Å². The lowest BCUT2D eigenvalue weighted by molar-refractivity contribution is 0.154. The molecule has 0 radical (unpaired) electrons. The molecule has 1 fully saturated rings. The van der Waals surface area contributed by atoms with Crippen LogP contribution in [0.15, 0.2) is 30.3 Å². The lowest BCUT2D eigenvalue weighted by atomic mass is 9.87. The van der Waals surface area contributed by atoms with E-state index in [1.807, 2.05) is 37.3 Å². The second-order valence-corrected chi connectivity index (χ2v) is 5.66. The summed E-state index contributed by atoms with van der Waals surface area (Å²) in [6.45, 7) is 5.36. The zero-order chi connectivity index (χ0) is 15.1. The smallest absolute Gasteiger partial charge is 0.133 e. The largest absolute Gasteiger partial charge is 0.380 e. The Kier molecular flexibility index (Phi) is 5.75. The third-order valence-electron chi connectivity index (χ3n) is 4.30. The molecule has 21 heavy (non-hydrogen) atoms. The Morgan fingerprint density at radius 1 is 1.43 bits per heavy atom. The Bertz CT molecular complexity index is 465. The summed E-state index contributed by atoms with van der Waals surface area (Å²) < 4.78 is 5.45. The van der Waals surface area contributed by atoms with Gasteiger partial charge in [0.1, 0.15) is 5.54 Å². The van der Waals surface area contributed by atoms with Gasteiger partial charge in [0.05, 0.1) is 12.7 Å². The standard InChI is InChI=1S/C17H25N3O/c1-3-19-17(14-18,15-7-5-4-6-8-15)10-11-20(2)16-9-12-21-13-16/h4-8,16,19H,3,9-13H2,1-2H3. The number of nitrogens with one attached hydrogen (secondary N) is 1.